The van der Waals surface area contributed by atoms with Gasteiger partial charge in [-0.05, 0) is 12.5 Å². The molecule has 0 saturated heterocycles. The van der Waals surface area contributed by atoms with Crippen molar-refractivity contribution in [2.45, 2.75) is 32.4 Å². The van der Waals surface area contributed by atoms with Gasteiger partial charge in [0.1, 0.15) is 0 Å². The summed E-state index contributed by atoms with van der Waals surface area (Å²) in [7, 11) is -1.48. The number of nitrogens with two attached hydrogens (primary N) is 1. The van der Waals surface area contributed by atoms with Crippen molar-refractivity contribution in [2.75, 3.05) is 18.6 Å². The van der Waals surface area contributed by atoms with Gasteiger partial charge in [0.2, 0.25) is 5.91 Å². The first-order valence-electron chi connectivity index (χ1n) is 7.03. The van der Waals surface area contributed by atoms with Crippen LogP contribution in [0.4, 0.5) is 0 Å². The second kappa shape index (κ2) is 7.56. The summed E-state index contributed by atoms with van der Waals surface area (Å²) in [5.74, 6) is -0.0833. The molecule has 1 aromatic rings. The number of amides is 1. The van der Waals surface area contributed by atoms with E-state index in [2.05, 4.69) is 0 Å². The molecule has 0 aliphatic heterocycles. The number of nitrogens with zero attached hydrogens (tertiary/aromatic N) is 1. The van der Waals surface area contributed by atoms with Gasteiger partial charge in [0.25, 0.3) is 0 Å². The lowest BCUT2D eigenvalue weighted by molar-refractivity contribution is -0.131. The van der Waals surface area contributed by atoms with Crippen LogP contribution in [0.5, 0.6) is 0 Å². The molecule has 1 rings (SSSR count). The predicted octanol–water partition coefficient (Wildman–Crippen LogP) is 1.36. The minimum absolute atomic E-state index is 0.0215. The molecule has 2 unspecified atom stereocenters. The fourth-order valence-corrected chi connectivity index (χ4v) is 3.19. The van der Waals surface area contributed by atoms with Crippen molar-refractivity contribution >= 4 is 15.7 Å². The maximum atomic E-state index is 12.2. The van der Waals surface area contributed by atoms with Gasteiger partial charge in [-0.15, -0.1) is 0 Å². The van der Waals surface area contributed by atoms with Gasteiger partial charge in [0.05, 0.1) is 5.75 Å². The Morgan fingerprint density at radius 3 is 2.38 bits per heavy atom. The molecule has 1 amide bonds. The molecule has 0 fully saturated rings. The van der Waals surface area contributed by atoms with E-state index in [0.717, 1.165) is 5.56 Å². The summed E-state index contributed by atoms with van der Waals surface area (Å²) >= 11 is 0. The van der Waals surface area contributed by atoms with Crippen molar-refractivity contribution in [1.29, 1.82) is 0 Å². The van der Waals surface area contributed by atoms with Gasteiger partial charge in [-0.1, -0.05) is 37.3 Å². The summed E-state index contributed by atoms with van der Waals surface area (Å²) in [5, 5.41) is 0. The molecule has 0 heterocycles. The average molecular weight is 312 g/mol. The van der Waals surface area contributed by atoms with E-state index >= 15 is 0 Å². The third-order valence-corrected chi connectivity index (χ3v) is 5.48. The number of sulfone groups is 1. The Hall–Kier alpha value is -1.40. The highest BCUT2D eigenvalue weighted by molar-refractivity contribution is 7.91. The highest BCUT2D eigenvalue weighted by Gasteiger charge is 2.22. The van der Waals surface area contributed by atoms with E-state index in [1.54, 1.807) is 20.9 Å². The van der Waals surface area contributed by atoms with E-state index in [1.165, 1.54) is 4.90 Å². The van der Waals surface area contributed by atoms with E-state index in [4.69, 9.17) is 5.73 Å². The number of rotatable bonds is 7. The first-order chi connectivity index (χ1) is 9.76. The molecule has 118 valence electrons. The van der Waals surface area contributed by atoms with Crippen molar-refractivity contribution in [1.82, 2.24) is 4.90 Å². The van der Waals surface area contributed by atoms with Crippen LogP contribution in [0.25, 0.3) is 0 Å². The lowest BCUT2D eigenvalue weighted by Gasteiger charge is -2.26. The van der Waals surface area contributed by atoms with E-state index in [0.29, 0.717) is 0 Å². The Kier molecular flexibility index (Phi) is 6.36. The van der Waals surface area contributed by atoms with Crippen LogP contribution in [0.3, 0.4) is 0 Å². The summed E-state index contributed by atoms with van der Waals surface area (Å²) in [6.45, 7) is 3.34. The van der Waals surface area contributed by atoms with Crippen LogP contribution in [0.1, 0.15) is 31.9 Å². The fourth-order valence-electron chi connectivity index (χ4n) is 1.99. The molecule has 0 aromatic heterocycles. The van der Waals surface area contributed by atoms with Crippen LogP contribution >= 0.6 is 0 Å². The number of carbonyl (C=O) groups is 1. The van der Waals surface area contributed by atoms with E-state index in [1.807, 2.05) is 30.3 Å². The molecule has 0 aliphatic rings. The number of benzene rings is 1. The molecule has 0 bridgehead atoms. The predicted molar refractivity (Wildman–Crippen MR) is 84.5 cm³/mol. The zero-order valence-electron chi connectivity index (χ0n) is 12.8. The normalized spacial score (nSPS) is 14.5. The molecule has 0 spiro atoms. The smallest absolute Gasteiger partial charge is 0.224 e. The minimum atomic E-state index is -3.10. The zero-order chi connectivity index (χ0) is 16.0. The lowest BCUT2D eigenvalue weighted by Crippen LogP contribution is -2.40. The summed E-state index contributed by atoms with van der Waals surface area (Å²) in [6.07, 6.45) is 0.164. The quantitative estimate of drug-likeness (QED) is 0.824. The minimum Gasteiger partial charge on any atom is -0.342 e. The summed E-state index contributed by atoms with van der Waals surface area (Å²) < 4.78 is 23.2. The zero-order valence-corrected chi connectivity index (χ0v) is 13.6. The van der Waals surface area contributed by atoms with Gasteiger partial charge in [0, 0.05) is 31.3 Å². The Labute approximate surface area is 127 Å². The van der Waals surface area contributed by atoms with Crippen LogP contribution in [0.2, 0.25) is 0 Å². The molecule has 0 radical (unpaired) electrons. The molecule has 1 aromatic carbocycles. The van der Waals surface area contributed by atoms with E-state index in [-0.39, 0.29) is 35.9 Å². The monoisotopic (exact) mass is 312 g/mol. The number of carbonyl (C=O) groups excluding carboxylic acids is 1. The number of hydrogen-bond donors (Lipinski definition) is 1. The van der Waals surface area contributed by atoms with E-state index < -0.39 is 9.84 Å². The Balaban J connectivity index is 2.62. The summed E-state index contributed by atoms with van der Waals surface area (Å²) in [6, 6.07) is 8.66. The van der Waals surface area contributed by atoms with Gasteiger partial charge in [-0.3, -0.25) is 4.79 Å². The Morgan fingerprint density at radius 1 is 1.29 bits per heavy atom. The van der Waals surface area contributed by atoms with Crippen molar-refractivity contribution in [2.24, 2.45) is 5.73 Å². The topological polar surface area (TPSA) is 80.5 Å². The Bertz CT molecular complexity index is 558. The molecule has 6 heteroatoms. The lowest BCUT2D eigenvalue weighted by atomic mass is 10.0. The molecule has 0 saturated carbocycles. The van der Waals surface area contributed by atoms with Gasteiger partial charge in [-0.2, -0.15) is 0 Å². The first kappa shape index (κ1) is 17.7. The highest BCUT2D eigenvalue weighted by atomic mass is 32.2. The van der Waals surface area contributed by atoms with Crippen LogP contribution in [-0.2, 0) is 14.6 Å². The molecule has 2 N–H and O–H groups in total. The van der Waals surface area contributed by atoms with Crippen molar-refractivity contribution in [3.8, 4) is 0 Å². The third-order valence-electron chi connectivity index (χ3n) is 3.61. The molecule has 5 nitrogen and oxygen atoms in total. The summed E-state index contributed by atoms with van der Waals surface area (Å²) in [5.41, 5.74) is 6.92. The average Bonchev–Trinajstić information content (AvgIpc) is 2.46. The van der Waals surface area contributed by atoms with Crippen molar-refractivity contribution in [3.63, 3.8) is 0 Å². The second-order valence-corrected chi connectivity index (χ2v) is 7.67. The second-order valence-electron chi connectivity index (χ2n) is 5.27. The molecule has 2 atom stereocenters. The SMILES string of the molecule is CCS(=O)(=O)CC(C)N(C)C(=O)CC(N)c1ccccc1. The van der Waals surface area contributed by atoms with Crippen LogP contribution in [0, 0.1) is 0 Å². The van der Waals surface area contributed by atoms with Gasteiger partial charge >= 0.3 is 0 Å². The maximum absolute atomic E-state index is 12.2. The standard InChI is InChI=1S/C15H24N2O3S/c1-4-21(19,20)11-12(2)17(3)15(18)10-14(16)13-8-6-5-7-9-13/h5-9,12,14H,4,10-11,16H2,1-3H3. The van der Waals surface area contributed by atoms with Crippen LogP contribution < -0.4 is 5.73 Å². The van der Waals surface area contributed by atoms with Gasteiger partial charge in [0.15, 0.2) is 9.84 Å². The largest absolute Gasteiger partial charge is 0.342 e. The van der Waals surface area contributed by atoms with Crippen LogP contribution in [0.15, 0.2) is 30.3 Å². The fraction of sp³-hybridized carbons (Fsp3) is 0.533. The Morgan fingerprint density at radius 2 is 1.86 bits per heavy atom. The summed E-state index contributed by atoms with van der Waals surface area (Å²) in [4.78, 5) is 13.7. The highest BCUT2D eigenvalue weighted by Crippen LogP contribution is 2.15. The van der Waals surface area contributed by atoms with Crippen LogP contribution in [-0.4, -0.2) is 43.8 Å². The van der Waals surface area contributed by atoms with Gasteiger partial charge in [-0.25, -0.2) is 8.42 Å². The van der Waals surface area contributed by atoms with E-state index in [9.17, 15) is 13.2 Å². The van der Waals surface area contributed by atoms with Gasteiger partial charge < -0.3 is 10.6 Å². The first-order valence-corrected chi connectivity index (χ1v) is 8.85. The maximum Gasteiger partial charge on any atom is 0.224 e. The molecular formula is C15H24N2O3S. The molecular weight excluding hydrogens is 288 g/mol. The third kappa shape index (κ3) is 5.47. The number of hydrogen-bond acceptors (Lipinski definition) is 4. The van der Waals surface area contributed by atoms with Crippen molar-refractivity contribution in [3.05, 3.63) is 35.9 Å². The van der Waals surface area contributed by atoms with Crippen molar-refractivity contribution < 1.29 is 13.2 Å². The molecule has 0 aliphatic carbocycles. The molecule has 21 heavy (non-hydrogen) atoms.